The van der Waals surface area contributed by atoms with E-state index in [2.05, 4.69) is 26.7 Å². The molecule has 0 bridgehead atoms. The normalized spacial score (nSPS) is 10.1. The van der Waals surface area contributed by atoms with Crippen molar-refractivity contribution in [2.24, 2.45) is 0 Å². The van der Waals surface area contributed by atoms with E-state index in [1.807, 2.05) is 39.0 Å². The van der Waals surface area contributed by atoms with Gasteiger partial charge in [0.05, 0.1) is 17.2 Å². The van der Waals surface area contributed by atoms with Crippen molar-refractivity contribution >= 4 is 23.2 Å². The van der Waals surface area contributed by atoms with Crippen LogP contribution in [0.4, 0.5) is 17.3 Å². The molecule has 0 fully saturated rings. The number of aromatic nitrogens is 2. The first kappa shape index (κ1) is 18.1. The lowest BCUT2D eigenvalue weighted by atomic mass is 10.0. The molecule has 0 saturated carbocycles. The summed E-state index contributed by atoms with van der Waals surface area (Å²) < 4.78 is 0. The van der Waals surface area contributed by atoms with Crippen LogP contribution in [0.3, 0.4) is 0 Å². The third-order valence-corrected chi connectivity index (χ3v) is 4.08. The summed E-state index contributed by atoms with van der Waals surface area (Å²) in [4.78, 5) is 20.9. The van der Waals surface area contributed by atoms with Gasteiger partial charge in [-0.25, -0.2) is 9.97 Å². The van der Waals surface area contributed by atoms with Crippen molar-refractivity contribution in [3.8, 4) is 6.07 Å². The molecule has 134 valence electrons. The van der Waals surface area contributed by atoms with Gasteiger partial charge in [0.2, 0.25) is 5.95 Å². The van der Waals surface area contributed by atoms with E-state index in [-0.39, 0.29) is 5.91 Å². The molecule has 2 N–H and O–H groups in total. The van der Waals surface area contributed by atoms with Gasteiger partial charge >= 0.3 is 0 Å². The summed E-state index contributed by atoms with van der Waals surface area (Å²) in [7, 11) is 0. The lowest BCUT2D eigenvalue weighted by molar-refractivity contribution is 0.102. The minimum Gasteiger partial charge on any atom is -0.324 e. The van der Waals surface area contributed by atoms with Gasteiger partial charge in [-0.15, -0.1) is 0 Å². The molecule has 0 radical (unpaired) electrons. The molecule has 27 heavy (non-hydrogen) atoms. The summed E-state index contributed by atoms with van der Waals surface area (Å²) >= 11 is 0. The predicted molar refractivity (Wildman–Crippen MR) is 105 cm³/mol. The van der Waals surface area contributed by atoms with E-state index in [0.29, 0.717) is 22.8 Å². The number of carbonyl (C=O) groups is 1. The number of rotatable bonds is 4. The van der Waals surface area contributed by atoms with Crippen molar-refractivity contribution in [3.05, 3.63) is 76.6 Å². The van der Waals surface area contributed by atoms with Gasteiger partial charge in [0.1, 0.15) is 0 Å². The zero-order valence-corrected chi connectivity index (χ0v) is 15.4. The summed E-state index contributed by atoms with van der Waals surface area (Å²) in [6, 6.07) is 13.1. The Morgan fingerprint density at radius 3 is 2.33 bits per heavy atom. The highest BCUT2D eigenvalue weighted by molar-refractivity contribution is 6.04. The van der Waals surface area contributed by atoms with Crippen LogP contribution in [0.25, 0.3) is 0 Å². The van der Waals surface area contributed by atoms with Crippen LogP contribution in [-0.4, -0.2) is 15.9 Å². The maximum absolute atomic E-state index is 12.5. The molecule has 3 aromatic rings. The first-order chi connectivity index (χ1) is 13.0. The molecule has 0 aliphatic carbocycles. The van der Waals surface area contributed by atoms with Crippen molar-refractivity contribution in [1.29, 1.82) is 5.26 Å². The van der Waals surface area contributed by atoms with Crippen molar-refractivity contribution in [2.45, 2.75) is 20.8 Å². The van der Waals surface area contributed by atoms with Gasteiger partial charge in [-0.1, -0.05) is 23.8 Å². The van der Waals surface area contributed by atoms with E-state index >= 15 is 0 Å². The fourth-order valence-corrected chi connectivity index (χ4v) is 2.87. The highest BCUT2D eigenvalue weighted by Gasteiger charge is 2.11. The van der Waals surface area contributed by atoms with E-state index in [4.69, 9.17) is 5.26 Å². The SMILES string of the molecule is Cc1cc(C)c(NC(=O)c2cnc(Nc3cccc(C#N)c3)nc2)c(C)c1. The fraction of sp³-hybridized carbons (Fsp3) is 0.143. The highest BCUT2D eigenvalue weighted by Crippen LogP contribution is 2.22. The number of nitrogens with one attached hydrogen (secondary N) is 2. The minimum absolute atomic E-state index is 0.261. The van der Waals surface area contributed by atoms with Crippen molar-refractivity contribution < 1.29 is 4.79 Å². The first-order valence-electron chi connectivity index (χ1n) is 8.44. The Kier molecular flexibility index (Phi) is 5.13. The molecule has 1 heterocycles. The zero-order valence-electron chi connectivity index (χ0n) is 15.4. The van der Waals surface area contributed by atoms with E-state index in [9.17, 15) is 4.79 Å². The molecule has 0 spiro atoms. The number of hydrogen-bond acceptors (Lipinski definition) is 5. The smallest absolute Gasteiger partial charge is 0.258 e. The van der Waals surface area contributed by atoms with Crippen molar-refractivity contribution in [2.75, 3.05) is 10.6 Å². The molecule has 0 unspecified atom stereocenters. The Hall–Kier alpha value is -3.72. The number of amides is 1. The second kappa shape index (κ2) is 7.67. The average Bonchev–Trinajstić information content (AvgIpc) is 2.65. The molecule has 1 amide bonds. The number of benzene rings is 2. The molecule has 0 aliphatic heterocycles. The summed E-state index contributed by atoms with van der Waals surface area (Å²) in [6.07, 6.45) is 2.94. The number of aryl methyl sites for hydroxylation is 3. The largest absolute Gasteiger partial charge is 0.324 e. The molecule has 0 aliphatic rings. The van der Waals surface area contributed by atoms with Gasteiger partial charge in [-0.05, 0) is 50.1 Å². The summed E-state index contributed by atoms with van der Waals surface area (Å²) in [5.41, 5.74) is 5.60. The third-order valence-electron chi connectivity index (χ3n) is 4.08. The topological polar surface area (TPSA) is 90.7 Å². The standard InChI is InChI=1S/C21H19N5O/c1-13-7-14(2)19(15(3)8-13)26-20(27)17-11-23-21(24-12-17)25-18-6-4-5-16(9-18)10-22/h4-9,11-12H,1-3H3,(H,26,27)(H,23,24,25). The van der Waals surface area contributed by atoms with Crippen LogP contribution in [0.15, 0.2) is 48.8 Å². The Balaban J connectivity index is 1.73. The van der Waals surface area contributed by atoms with Gasteiger partial charge in [-0.2, -0.15) is 5.26 Å². The maximum atomic E-state index is 12.5. The van der Waals surface area contributed by atoms with Gasteiger partial charge in [0.25, 0.3) is 5.91 Å². The Morgan fingerprint density at radius 1 is 1.04 bits per heavy atom. The van der Waals surface area contributed by atoms with Crippen LogP contribution >= 0.6 is 0 Å². The van der Waals surface area contributed by atoms with E-state index < -0.39 is 0 Å². The van der Waals surface area contributed by atoms with Gasteiger partial charge < -0.3 is 10.6 Å². The molecule has 1 aromatic heterocycles. The van der Waals surface area contributed by atoms with Crippen LogP contribution in [0.2, 0.25) is 0 Å². The number of nitrogens with zero attached hydrogens (tertiary/aromatic N) is 3. The maximum Gasteiger partial charge on any atom is 0.258 e. The molecular formula is C21H19N5O. The summed E-state index contributed by atoms with van der Waals surface area (Å²) in [6.45, 7) is 5.96. The van der Waals surface area contributed by atoms with Gasteiger partial charge in [-0.3, -0.25) is 4.79 Å². The van der Waals surface area contributed by atoms with Crippen LogP contribution in [-0.2, 0) is 0 Å². The first-order valence-corrected chi connectivity index (χ1v) is 8.44. The quantitative estimate of drug-likeness (QED) is 0.728. The van der Waals surface area contributed by atoms with Gasteiger partial charge in [0, 0.05) is 23.8 Å². The van der Waals surface area contributed by atoms with Crippen molar-refractivity contribution in [3.63, 3.8) is 0 Å². The van der Waals surface area contributed by atoms with Crippen LogP contribution in [0.1, 0.15) is 32.6 Å². The lowest BCUT2D eigenvalue weighted by Gasteiger charge is -2.13. The zero-order chi connectivity index (χ0) is 19.4. The molecule has 6 heteroatoms. The van der Waals surface area contributed by atoms with Gasteiger partial charge in [0.15, 0.2) is 0 Å². The Labute approximate surface area is 157 Å². The Morgan fingerprint density at radius 2 is 1.70 bits per heavy atom. The number of carbonyl (C=O) groups excluding carboxylic acids is 1. The fourth-order valence-electron chi connectivity index (χ4n) is 2.87. The number of nitriles is 1. The van der Waals surface area contributed by atoms with E-state index in [1.54, 1.807) is 18.2 Å². The van der Waals surface area contributed by atoms with Crippen molar-refractivity contribution in [1.82, 2.24) is 9.97 Å². The third kappa shape index (κ3) is 4.28. The van der Waals surface area contributed by atoms with Crippen LogP contribution in [0, 0.1) is 32.1 Å². The number of anilines is 3. The second-order valence-electron chi connectivity index (χ2n) is 6.34. The minimum atomic E-state index is -0.261. The molecule has 0 saturated heterocycles. The predicted octanol–water partition coefficient (Wildman–Crippen LogP) is 4.27. The summed E-state index contributed by atoms with van der Waals surface area (Å²) in [5, 5.41) is 14.9. The second-order valence-corrected chi connectivity index (χ2v) is 6.34. The van der Waals surface area contributed by atoms with E-state index in [1.165, 1.54) is 12.4 Å². The number of hydrogen-bond donors (Lipinski definition) is 2. The molecule has 2 aromatic carbocycles. The van der Waals surface area contributed by atoms with E-state index in [0.717, 1.165) is 22.4 Å². The summed E-state index contributed by atoms with van der Waals surface area (Å²) in [5.74, 6) is 0.0902. The molecule has 3 rings (SSSR count). The van der Waals surface area contributed by atoms with Crippen LogP contribution in [0.5, 0.6) is 0 Å². The Bertz CT molecular complexity index is 1010. The molecule has 6 nitrogen and oxygen atoms in total. The lowest BCUT2D eigenvalue weighted by Crippen LogP contribution is -2.15. The monoisotopic (exact) mass is 357 g/mol. The highest BCUT2D eigenvalue weighted by atomic mass is 16.1. The average molecular weight is 357 g/mol. The molecule has 0 atom stereocenters. The van der Waals surface area contributed by atoms with Crippen LogP contribution < -0.4 is 10.6 Å². The molecular weight excluding hydrogens is 338 g/mol.